The predicted octanol–water partition coefficient (Wildman–Crippen LogP) is 2.41. The highest BCUT2D eigenvalue weighted by atomic mass is 16.2. The maximum atomic E-state index is 12.7. The van der Waals surface area contributed by atoms with Gasteiger partial charge in [0.2, 0.25) is 11.8 Å². The average Bonchev–Trinajstić information content (AvgIpc) is 2.79. The third-order valence-electron chi connectivity index (χ3n) is 4.42. The van der Waals surface area contributed by atoms with Crippen molar-refractivity contribution in [3.8, 4) is 0 Å². The summed E-state index contributed by atoms with van der Waals surface area (Å²) in [6.07, 6.45) is 3.70. The van der Waals surface area contributed by atoms with Crippen LogP contribution in [0.1, 0.15) is 31.4 Å². The molecule has 1 aromatic heterocycles. The van der Waals surface area contributed by atoms with Crippen LogP contribution < -0.4 is 10.2 Å². The number of para-hydroxylation sites is 1. The molecule has 124 valence electrons. The van der Waals surface area contributed by atoms with Crippen molar-refractivity contribution in [3.63, 3.8) is 0 Å². The smallest absolute Gasteiger partial charge is 0.237 e. The first kappa shape index (κ1) is 16.2. The highest BCUT2D eigenvalue weighted by Gasteiger charge is 2.43. The highest BCUT2D eigenvalue weighted by Crippen LogP contribution is 2.41. The lowest BCUT2D eigenvalue weighted by Gasteiger charge is -2.20. The van der Waals surface area contributed by atoms with Gasteiger partial charge in [-0.15, -0.1) is 0 Å². The summed E-state index contributed by atoms with van der Waals surface area (Å²) in [5, 5.41) is 2.87. The molecule has 1 aromatic carbocycles. The minimum Gasteiger partial charge on any atom is -0.352 e. The van der Waals surface area contributed by atoms with Crippen molar-refractivity contribution in [2.75, 3.05) is 11.4 Å². The summed E-state index contributed by atoms with van der Waals surface area (Å²) in [5.41, 5.74) is 2.34. The number of pyridine rings is 1. The number of hydrogen-bond acceptors (Lipinski definition) is 3. The molecular formula is C19H21N3O2. The molecule has 0 saturated carbocycles. The van der Waals surface area contributed by atoms with Crippen molar-refractivity contribution in [2.24, 2.45) is 0 Å². The fraction of sp³-hybridized carbons (Fsp3) is 0.316. The lowest BCUT2D eigenvalue weighted by Crippen LogP contribution is -2.38. The van der Waals surface area contributed by atoms with Crippen LogP contribution >= 0.6 is 0 Å². The molecule has 2 aromatic rings. The van der Waals surface area contributed by atoms with Crippen LogP contribution in [-0.2, 0) is 21.5 Å². The third-order valence-corrected chi connectivity index (χ3v) is 4.42. The number of nitrogens with one attached hydrogen (secondary N) is 1. The van der Waals surface area contributed by atoms with Gasteiger partial charge in [-0.05, 0) is 37.1 Å². The minimum atomic E-state index is -0.539. The summed E-state index contributed by atoms with van der Waals surface area (Å²) in [6.45, 7) is 4.69. The molecule has 24 heavy (non-hydrogen) atoms. The molecule has 1 aliphatic heterocycles. The summed E-state index contributed by atoms with van der Waals surface area (Å²) in [7, 11) is 0. The molecule has 0 unspecified atom stereocenters. The van der Waals surface area contributed by atoms with Crippen LogP contribution in [0.2, 0.25) is 0 Å². The molecule has 1 aliphatic rings. The van der Waals surface area contributed by atoms with Gasteiger partial charge in [-0.25, -0.2) is 0 Å². The molecule has 5 heteroatoms. The van der Waals surface area contributed by atoms with Crippen molar-refractivity contribution >= 4 is 17.5 Å². The predicted molar refractivity (Wildman–Crippen MR) is 92.5 cm³/mol. The first-order valence-electron chi connectivity index (χ1n) is 8.07. The molecule has 2 amide bonds. The molecule has 1 N–H and O–H groups in total. The summed E-state index contributed by atoms with van der Waals surface area (Å²) < 4.78 is 0. The molecule has 2 heterocycles. The molecule has 0 radical (unpaired) electrons. The zero-order valence-electron chi connectivity index (χ0n) is 14.0. The van der Waals surface area contributed by atoms with E-state index in [9.17, 15) is 9.59 Å². The number of amides is 2. The number of fused-ring (bicyclic) bond motifs is 1. The van der Waals surface area contributed by atoms with Crippen molar-refractivity contribution in [3.05, 3.63) is 59.9 Å². The monoisotopic (exact) mass is 323 g/mol. The van der Waals surface area contributed by atoms with E-state index in [1.807, 2.05) is 50.2 Å². The number of anilines is 1. The Morgan fingerprint density at radius 2 is 2.00 bits per heavy atom. The molecule has 5 nitrogen and oxygen atoms in total. The Labute approximate surface area is 141 Å². The topological polar surface area (TPSA) is 62.3 Å². The van der Waals surface area contributed by atoms with E-state index in [2.05, 4.69) is 10.3 Å². The van der Waals surface area contributed by atoms with Gasteiger partial charge in [0.15, 0.2) is 0 Å². The van der Waals surface area contributed by atoms with Gasteiger partial charge in [-0.3, -0.25) is 14.6 Å². The van der Waals surface area contributed by atoms with Gasteiger partial charge in [-0.2, -0.15) is 0 Å². The summed E-state index contributed by atoms with van der Waals surface area (Å²) in [6, 6.07) is 11.5. The molecule has 0 bridgehead atoms. The van der Waals surface area contributed by atoms with Crippen LogP contribution in [0.25, 0.3) is 0 Å². The molecule has 0 spiro atoms. The first-order valence-corrected chi connectivity index (χ1v) is 8.07. The second-order valence-corrected chi connectivity index (χ2v) is 6.49. The van der Waals surface area contributed by atoms with Crippen LogP contribution in [0.15, 0.2) is 48.8 Å². The van der Waals surface area contributed by atoms with Crippen molar-refractivity contribution in [1.82, 2.24) is 10.3 Å². The molecule has 0 fully saturated rings. The van der Waals surface area contributed by atoms with Crippen LogP contribution in [0.3, 0.4) is 0 Å². The van der Waals surface area contributed by atoms with E-state index < -0.39 is 5.41 Å². The SMILES string of the molecule is CC1(C)C(=O)N(CCC(=O)NCc2cccnc2)c2ccccc21. The number of aromatic nitrogens is 1. The van der Waals surface area contributed by atoms with Crippen LogP contribution in [0.5, 0.6) is 0 Å². The maximum Gasteiger partial charge on any atom is 0.237 e. The minimum absolute atomic E-state index is 0.0451. The molecule has 0 aliphatic carbocycles. The molecule has 0 atom stereocenters. The van der Waals surface area contributed by atoms with E-state index in [1.54, 1.807) is 17.3 Å². The molecular weight excluding hydrogens is 302 g/mol. The summed E-state index contributed by atoms with van der Waals surface area (Å²) in [5.74, 6) is -0.0300. The van der Waals surface area contributed by atoms with Gasteiger partial charge in [-0.1, -0.05) is 24.3 Å². The highest BCUT2D eigenvalue weighted by molar-refractivity contribution is 6.07. The number of nitrogens with zero attached hydrogens (tertiary/aromatic N) is 2. The Kier molecular flexibility index (Phi) is 4.34. The second kappa shape index (κ2) is 6.43. The maximum absolute atomic E-state index is 12.7. The van der Waals surface area contributed by atoms with Crippen LogP contribution in [0, 0.1) is 0 Å². The number of carbonyl (C=O) groups is 2. The Balaban J connectivity index is 1.60. The molecule has 3 rings (SSSR count). The van der Waals surface area contributed by atoms with E-state index in [0.717, 1.165) is 16.8 Å². The number of benzene rings is 1. The van der Waals surface area contributed by atoms with E-state index in [0.29, 0.717) is 13.1 Å². The number of hydrogen-bond donors (Lipinski definition) is 1. The van der Waals surface area contributed by atoms with Crippen molar-refractivity contribution < 1.29 is 9.59 Å². The normalized spacial score (nSPS) is 15.2. The zero-order valence-corrected chi connectivity index (χ0v) is 14.0. The van der Waals surface area contributed by atoms with Gasteiger partial charge in [0.05, 0.1) is 5.41 Å². The summed E-state index contributed by atoms with van der Waals surface area (Å²) in [4.78, 5) is 30.5. The van der Waals surface area contributed by atoms with Gasteiger partial charge < -0.3 is 10.2 Å². The second-order valence-electron chi connectivity index (χ2n) is 6.49. The van der Waals surface area contributed by atoms with Gasteiger partial charge in [0.1, 0.15) is 0 Å². The quantitative estimate of drug-likeness (QED) is 0.919. The Morgan fingerprint density at radius 3 is 2.75 bits per heavy atom. The summed E-state index contributed by atoms with van der Waals surface area (Å²) >= 11 is 0. The largest absolute Gasteiger partial charge is 0.352 e. The third kappa shape index (κ3) is 3.02. The number of rotatable bonds is 5. The van der Waals surface area contributed by atoms with E-state index in [-0.39, 0.29) is 18.2 Å². The van der Waals surface area contributed by atoms with Gasteiger partial charge in [0, 0.05) is 37.6 Å². The van der Waals surface area contributed by atoms with Crippen molar-refractivity contribution in [1.29, 1.82) is 0 Å². The first-order chi connectivity index (χ1) is 11.5. The number of carbonyl (C=O) groups excluding carboxylic acids is 2. The fourth-order valence-corrected chi connectivity index (χ4v) is 3.03. The Bertz CT molecular complexity index is 756. The van der Waals surface area contributed by atoms with E-state index in [4.69, 9.17) is 0 Å². The molecule has 0 saturated heterocycles. The standard InChI is InChI=1S/C19H21N3O2/c1-19(2)15-7-3-4-8-16(15)22(18(19)24)11-9-17(23)21-13-14-6-5-10-20-12-14/h3-8,10,12H,9,11,13H2,1-2H3,(H,21,23). The fourth-order valence-electron chi connectivity index (χ4n) is 3.03. The van der Waals surface area contributed by atoms with E-state index >= 15 is 0 Å². The van der Waals surface area contributed by atoms with Gasteiger partial charge >= 0.3 is 0 Å². The van der Waals surface area contributed by atoms with E-state index in [1.165, 1.54) is 0 Å². The lowest BCUT2D eigenvalue weighted by atomic mass is 9.86. The van der Waals surface area contributed by atoms with Gasteiger partial charge in [0.25, 0.3) is 0 Å². The van der Waals surface area contributed by atoms with Crippen LogP contribution in [0.4, 0.5) is 5.69 Å². The Morgan fingerprint density at radius 1 is 1.21 bits per heavy atom. The van der Waals surface area contributed by atoms with Crippen molar-refractivity contribution in [2.45, 2.75) is 32.2 Å². The Hall–Kier alpha value is -2.69. The van der Waals surface area contributed by atoms with Crippen LogP contribution in [-0.4, -0.2) is 23.3 Å². The zero-order chi connectivity index (χ0) is 17.2. The lowest BCUT2D eigenvalue weighted by molar-refractivity contribution is -0.122. The average molecular weight is 323 g/mol.